The van der Waals surface area contributed by atoms with Gasteiger partial charge in [0.25, 0.3) is 0 Å². The molecule has 0 spiro atoms. The smallest absolute Gasteiger partial charge is 0.343 e. The minimum atomic E-state index is -0.390. The van der Waals surface area contributed by atoms with Gasteiger partial charge in [-0.25, -0.2) is 9.59 Å². The molecular weight excluding hydrogens is 737 g/mol. The van der Waals surface area contributed by atoms with Crippen molar-refractivity contribution in [1.29, 1.82) is 0 Å². The van der Waals surface area contributed by atoms with Gasteiger partial charge in [-0.1, -0.05) is 187 Å². The van der Waals surface area contributed by atoms with E-state index >= 15 is 0 Å². The standard InChI is InChI=1S/C56H54O4/c1-3-5-7-9-13-23-39-33-35-47-49(37-39)51(43-29-19-21-31-45(43)53(47)59-55(57)41-25-15-11-16-26-41)52-44-30-20-22-32-46(44)54(60-56(58)42-27-17-12-18-28-42)48-36-34-40(38-50(48)52)24-14-10-8-6-4-2/h11-12,15-22,25-38H,3-10,13-14,23-24H2,1-2H3. The van der Waals surface area contributed by atoms with Gasteiger partial charge in [-0.15, -0.1) is 0 Å². The summed E-state index contributed by atoms with van der Waals surface area (Å²) < 4.78 is 12.9. The van der Waals surface area contributed by atoms with Crippen LogP contribution in [0.5, 0.6) is 11.5 Å². The third-order valence-electron chi connectivity index (χ3n) is 11.9. The second-order valence-electron chi connectivity index (χ2n) is 16.1. The van der Waals surface area contributed by atoms with Crippen LogP contribution in [-0.4, -0.2) is 11.9 Å². The van der Waals surface area contributed by atoms with Gasteiger partial charge in [-0.3, -0.25) is 0 Å². The summed E-state index contributed by atoms with van der Waals surface area (Å²) in [6.45, 7) is 4.50. The fourth-order valence-corrected chi connectivity index (χ4v) is 8.76. The molecule has 302 valence electrons. The number of aryl methyl sites for hydroxylation is 2. The van der Waals surface area contributed by atoms with Gasteiger partial charge in [0.15, 0.2) is 0 Å². The molecule has 0 amide bonds. The molecule has 0 aliphatic rings. The molecule has 0 unspecified atom stereocenters. The normalized spacial score (nSPS) is 11.4. The zero-order valence-corrected chi connectivity index (χ0v) is 35.0. The number of unbranched alkanes of at least 4 members (excludes halogenated alkanes) is 8. The van der Waals surface area contributed by atoms with Crippen LogP contribution in [0, 0.1) is 0 Å². The number of fused-ring (bicyclic) bond motifs is 4. The highest BCUT2D eigenvalue weighted by atomic mass is 16.5. The minimum absolute atomic E-state index is 0.390. The van der Waals surface area contributed by atoms with Crippen molar-refractivity contribution in [2.24, 2.45) is 0 Å². The molecule has 8 rings (SSSR count). The summed E-state index contributed by atoms with van der Waals surface area (Å²) in [4.78, 5) is 27.7. The molecule has 8 aromatic rings. The number of esters is 2. The van der Waals surface area contributed by atoms with E-state index in [1.807, 2.05) is 48.5 Å². The molecule has 0 aliphatic heterocycles. The maximum absolute atomic E-state index is 13.8. The molecule has 0 aromatic heterocycles. The third kappa shape index (κ3) is 8.70. The van der Waals surface area contributed by atoms with Crippen molar-refractivity contribution in [1.82, 2.24) is 0 Å². The van der Waals surface area contributed by atoms with Crippen molar-refractivity contribution in [3.8, 4) is 22.6 Å². The second-order valence-corrected chi connectivity index (χ2v) is 16.1. The Kier molecular flexibility index (Phi) is 13.0. The summed E-state index contributed by atoms with van der Waals surface area (Å²) in [6.07, 6.45) is 13.9. The van der Waals surface area contributed by atoms with E-state index in [9.17, 15) is 9.59 Å². The zero-order chi connectivity index (χ0) is 41.3. The Bertz CT molecular complexity index is 2580. The van der Waals surface area contributed by atoms with Crippen molar-refractivity contribution < 1.29 is 19.1 Å². The number of rotatable bonds is 17. The molecule has 0 aliphatic carbocycles. The molecule has 0 atom stereocenters. The van der Waals surface area contributed by atoms with Crippen LogP contribution in [-0.2, 0) is 12.8 Å². The van der Waals surface area contributed by atoms with Crippen molar-refractivity contribution in [2.45, 2.75) is 90.9 Å². The van der Waals surface area contributed by atoms with E-state index in [1.165, 1.54) is 62.5 Å². The van der Waals surface area contributed by atoms with E-state index in [0.29, 0.717) is 22.6 Å². The van der Waals surface area contributed by atoms with E-state index in [1.54, 1.807) is 24.3 Å². The average Bonchev–Trinajstić information content (AvgIpc) is 3.29. The first-order valence-corrected chi connectivity index (χ1v) is 22.0. The zero-order valence-electron chi connectivity index (χ0n) is 35.0. The first-order valence-electron chi connectivity index (χ1n) is 22.0. The molecule has 0 heterocycles. The van der Waals surface area contributed by atoms with Crippen molar-refractivity contribution >= 4 is 55.0 Å². The fourth-order valence-electron chi connectivity index (χ4n) is 8.76. The number of carbonyl (C=O) groups excluding carboxylic acids is 2. The van der Waals surface area contributed by atoms with E-state index in [0.717, 1.165) is 79.9 Å². The van der Waals surface area contributed by atoms with E-state index in [4.69, 9.17) is 9.47 Å². The summed E-state index contributed by atoms with van der Waals surface area (Å²) in [5.41, 5.74) is 5.67. The first kappa shape index (κ1) is 40.5. The summed E-state index contributed by atoms with van der Waals surface area (Å²) >= 11 is 0. The summed E-state index contributed by atoms with van der Waals surface area (Å²) in [5, 5.41) is 7.53. The van der Waals surface area contributed by atoms with Crippen LogP contribution in [0.15, 0.2) is 146 Å². The predicted octanol–water partition coefficient (Wildman–Crippen LogP) is 15.4. The molecular formula is C56H54O4. The van der Waals surface area contributed by atoms with Gasteiger partial charge < -0.3 is 9.47 Å². The van der Waals surface area contributed by atoms with Crippen LogP contribution < -0.4 is 9.47 Å². The Morgan fingerprint density at radius 1 is 0.367 bits per heavy atom. The van der Waals surface area contributed by atoms with E-state index < -0.39 is 0 Å². The molecule has 8 aromatic carbocycles. The molecule has 0 N–H and O–H groups in total. The average molecular weight is 791 g/mol. The molecule has 0 bridgehead atoms. The van der Waals surface area contributed by atoms with Gasteiger partial charge in [0.05, 0.1) is 11.1 Å². The van der Waals surface area contributed by atoms with Gasteiger partial charge in [0, 0.05) is 21.5 Å². The minimum Gasteiger partial charge on any atom is -0.422 e. The lowest BCUT2D eigenvalue weighted by molar-refractivity contribution is 0.0730. The third-order valence-corrected chi connectivity index (χ3v) is 11.9. The molecule has 4 nitrogen and oxygen atoms in total. The van der Waals surface area contributed by atoms with E-state index in [-0.39, 0.29) is 11.9 Å². The van der Waals surface area contributed by atoms with Crippen LogP contribution >= 0.6 is 0 Å². The largest absolute Gasteiger partial charge is 0.422 e. The van der Waals surface area contributed by atoms with Gasteiger partial charge in [0.2, 0.25) is 0 Å². The number of benzene rings is 8. The van der Waals surface area contributed by atoms with Crippen LogP contribution in [0.25, 0.3) is 54.2 Å². The number of hydrogen-bond acceptors (Lipinski definition) is 4. The summed E-state index contributed by atoms with van der Waals surface area (Å²) in [6, 6.07) is 48.4. The maximum Gasteiger partial charge on any atom is 0.343 e. The Morgan fingerprint density at radius 3 is 1.12 bits per heavy atom. The topological polar surface area (TPSA) is 52.6 Å². The molecule has 4 heteroatoms. The highest BCUT2D eigenvalue weighted by molar-refractivity contribution is 6.27. The second kappa shape index (κ2) is 19.2. The van der Waals surface area contributed by atoms with Gasteiger partial charge >= 0.3 is 11.9 Å². The molecule has 0 saturated carbocycles. The predicted molar refractivity (Wildman–Crippen MR) is 250 cm³/mol. The van der Waals surface area contributed by atoms with Crippen molar-refractivity contribution in [2.75, 3.05) is 0 Å². The van der Waals surface area contributed by atoms with Gasteiger partial charge in [-0.2, -0.15) is 0 Å². The highest BCUT2D eigenvalue weighted by Gasteiger charge is 2.25. The van der Waals surface area contributed by atoms with Gasteiger partial charge in [-0.05, 0) is 93.7 Å². The number of carbonyl (C=O) groups is 2. The van der Waals surface area contributed by atoms with Crippen LogP contribution in [0.4, 0.5) is 0 Å². The molecule has 0 saturated heterocycles. The lowest BCUT2D eigenvalue weighted by Crippen LogP contribution is -2.10. The van der Waals surface area contributed by atoms with E-state index in [2.05, 4.69) is 86.6 Å². The lowest BCUT2D eigenvalue weighted by Gasteiger charge is -2.22. The van der Waals surface area contributed by atoms with Crippen molar-refractivity contribution in [3.63, 3.8) is 0 Å². The Balaban J connectivity index is 1.40. The highest BCUT2D eigenvalue weighted by Crippen LogP contribution is 2.50. The van der Waals surface area contributed by atoms with Gasteiger partial charge in [0.1, 0.15) is 11.5 Å². The fraction of sp³-hybridized carbons (Fsp3) is 0.250. The first-order chi connectivity index (χ1) is 29.6. The Labute approximate surface area is 354 Å². The summed E-state index contributed by atoms with van der Waals surface area (Å²) in [5.74, 6) is 0.336. The Hall–Kier alpha value is -6.26. The monoisotopic (exact) mass is 790 g/mol. The molecule has 0 radical (unpaired) electrons. The Morgan fingerprint density at radius 2 is 0.717 bits per heavy atom. The number of hydrogen-bond donors (Lipinski definition) is 0. The van der Waals surface area contributed by atoms with Crippen LogP contribution in [0.1, 0.15) is 110 Å². The van der Waals surface area contributed by atoms with Crippen LogP contribution in [0.2, 0.25) is 0 Å². The van der Waals surface area contributed by atoms with Crippen LogP contribution in [0.3, 0.4) is 0 Å². The van der Waals surface area contributed by atoms with Crippen molar-refractivity contribution in [3.05, 3.63) is 168 Å². The maximum atomic E-state index is 13.8. The number of ether oxygens (including phenoxy) is 2. The molecule has 0 fully saturated rings. The lowest BCUT2D eigenvalue weighted by atomic mass is 9.84. The SMILES string of the molecule is CCCCCCCc1ccc2c(OC(=O)c3ccccc3)c3ccccc3c(-c3c4ccccc4c(OC(=O)c4ccccc4)c4ccc(CCCCCCC)cc34)c2c1. The molecule has 60 heavy (non-hydrogen) atoms. The summed E-state index contributed by atoms with van der Waals surface area (Å²) in [7, 11) is 0. The quantitative estimate of drug-likeness (QED) is 0.0399.